The van der Waals surface area contributed by atoms with E-state index in [0.29, 0.717) is 6.54 Å². The number of hydrogen-bond donors (Lipinski definition) is 0. The van der Waals surface area contributed by atoms with E-state index >= 15 is 0 Å². The molecule has 2 aromatic heterocycles. The summed E-state index contributed by atoms with van der Waals surface area (Å²) in [6.45, 7) is 0.596. The van der Waals surface area contributed by atoms with Gasteiger partial charge in [0.2, 0.25) is 0 Å². The van der Waals surface area contributed by atoms with Gasteiger partial charge < -0.3 is 0 Å². The van der Waals surface area contributed by atoms with Crippen molar-refractivity contribution in [2.45, 2.75) is 6.54 Å². The highest BCUT2D eigenvalue weighted by Crippen LogP contribution is 2.22. The molecular formula is C22H18N4. The minimum atomic E-state index is 0.596. The van der Waals surface area contributed by atoms with E-state index in [9.17, 15) is 0 Å². The summed E-state index contributed by atoms with van der Waals surface area (Å²) in [4.78, 5) is 8.72. The molecule has 0 aliphatic rings. The van der Waals surface area contributed by atoms with Crippen LogP contribution in [0, 0.1) is 0 Å². The number of rotatable bonds is 5. The largest absolute Gasteiger partial charge is 0.288 e. The van der Waals surface area contributed by atoms with E-state index in [1.165, 1.54) is 0 Å². The van der Waals surface area contributed by atoms with Crippen LogP contribution in [-0.4, -0.2) is 21.0 Å². The molecule has 0 radical (unpaired) electrons. The molecule has 0 spiro atoms. The summed E-state index contributed by atoms with van der Waals surface area (Å²) in [6, 6.07) is 24.2. The van der Waals surface area contributed by atoms with E-state index in [1.54, 1.807) is 6.20 Å². The molecule has 126 valence electrons. The van der Waals surface area contributed by atoms with Gasteiger partial charge in [-0.3, -0.25) is 9.98 Å². The summed E-state index contributed by atoms with van der Waals surface area (Å²) in [5, 5.41) is 4.79. The zero-order valence-electron chi connectivity index (χ0n) is 14.2. The van der Waals surface area contributed by atoms with E-state index in [2.05, 4.69) is 22.1 Å². The van der Waals surface area contributed by atoms with Crippen LogP contribution in [0.1, 0.15) is 11.1 Å². The molecule has 0 bridgehead atoms. The molecule has 0 N–H and O–H groups in total. The minimum absolute atomic E-state index is 0.596. The van der Waals surface area contributed by atoms with Crippen molar-refractivity contribution in [3.8, 4) is 16.9 Å². The zero-order valence-corrected chi connectivity index (χ0v) is 14.2. The van der Waals surface area contributed by atoms with Crippen LogP contribution in [0.4, 0.5) is 0 Å². The fourth-order valence-electron chi connectivity index (χ4n) is 2.76. The molecule has 4 nitrogen and oxygen atoms in total. The second-order valence-electron chi connectivity index (χ2n) is 5.91. The average molecular weight is 338 g/mol. The number of pyridine rings is 1. The Morgan fingerprint density at radius 2 is 1.65 bits per heavy atom. The lowest BCUT2D eigenvalue weighted by atomic mass is 10.1. The molecule has 4 heteroatoms. The molecule has 0 fully saturated rings. The van der Waals surface area contributed by atoms with Gasteiger partial charge in [-0.1, -0.05) is 54.6 Å². The number of nitrogens with zero attached hydrogens (tertiary/aromatic N) is 4. The van der Waals surface area contributed by atoms with Crippen LogP contribution in [0.15, 0.2) is 96.4 Å². The molecule has 26 heavy (non-hydrogen) atoms. The van der Waals surface area contributed by atoms with Crippen molar-refractivity contribution in [3.05, 3.63) is 103 Å². The van der Waals surface area contributed by atoms with Crippen LogP contribution in [0.3, 0.4) is 0 Å². The van der Waals surface area contributed by atoms with E-state index in [1.807, 2.05) is 84.0 Å². The SMILES string of the molecule is C(=NCc1cccnc1)c1cn(-c2ccccc2)nc1-c1ccccc1. The third-order valence-corrected chi connectivity index (χ3v) is 4.04. The fraction of sp³-hybridized carbons (Fsp3) is 0.0455. The Bertz CT molecular complexity index is 990. The molecule has 2 aromatic carbocycles. The van der Waals surface area contributed by atoms with E-state index in [-0.39, 0.29) is 0 Å². The second-order valence-corrected chi connectivity index (χ2v) is 5.91. The summed E-state index contributed by atoms with van der Waals surface area (Å²) in [5.41, 5.74) is 5.09. The zero-order chi connectivity index (χ0) is 17.6. The van der Waals surface area contributed by atoms with Crippen LogP contribution in [0.25, 0.3) is 16.9 Å². The van der Waals surface area contributed by atoms with E-state index in [0.717, 1.165) is 28.1 Å². The van der Waals surface area contributed by atoms with Gasteiger partial charge in [0.25, 0.3) is 0 Å². The maximum Gasteiger partial charge on any atom is 0.101 e. The van der Waals surface area contributed by atoms with Crippen molar-refractivity contribution in [2.24, 2.45) is 4.99 Å². The summed E-state index contributed by atoms with van der Waals surface area (Å²) in [5.74, 6) is 0. The van der Waals surface area contributed by atoms with Gasteiger partial charge in [-0.2, -0.15) is 5.10 Å². The highest BCUT2D eigenvalue weighted by molar-refractivity contribution is 5.88. The lowest BCUT2D eigenvalue weighted by Crippen LogP contribution is -1.93. The summed E-state index contributed by atoms with van der Waals surface area (Å²) < 4.78 is 1.90. The number of hydrogen-bond acceptors (Lipinski definition) is 3. The first kappa shape index (κ1) is 16.0. The lowest BCUT2D eigenvalue weighted by Gasteiger charge is -2.00. The number of para-hydroxylation sites is 1. The normalized spacial score (nSPS) is 11.1. The van der Waals surface area contributed by atoms with Gasteiger partial charge in [-0.05, 0) is 23.8 Å². The van der Waals surface area contributed by atoms with Crippen molar-refractivity contribution in [3.63, 3.8) is 0 Å². The second kappa shape index (κ2) is 7.57. The van der Waals surface area contributed by atoms with Crippen molar-refractivity contribution in [1.82, 2.24) is 14.8 Å². The van der Waals surface area contributed by atoms with Crippen molar-refractivity contribution < 1.29 is 0 Å². The average Bonchev–Trinajstić information content (AvgIpc) is 3.14. The van der Waals surface area contributed by atoms with Gasteiger partial charge in [-0.25, -0.2) is 4.68 Å². The first-order chi connectivity index (χ1) is 12.9. The molecule has 0 aliphatic heterocycles. The smallest absolute Gasteiger partial charge is 0.101 e. The Labute approximate surface area is 152 Å². The van der Waals surface area contributed by atoms with Gasteiger partial charge in [0, 0.05) is 35.9 Å². The number of aromatic nitrogens is 3. The third-order valence-electron chi connectivity index (χ3n) is 4.04. The Morgan fingerprint density at radius 3 is 2.38 bits per heavy atom. The maximum absolute atomic E-state index is 4.79. The lowest BCUT2D eigenvalue weighted by molar-refractivity contribution is 0.884. The van der Waals surface area contributed by atoms with E-state index < -0.39 is 0 Å². The van der Waals surface area contributed by atoms with Crippen LogP contribution in [0.2, 0.25) is 0 Å². The third kappa shape index (κ3) is 3.59. The monoisotopic (exact) mass is 338 g/mol. The highest BCUT2D eigenvalue weighted by atomic mass is 15.3. The molecule has 0 amide bonds. The molecule has 0 atom stereocenters. The predicted molar refractivity (Wildman–Crippen MR) is 105 cm³/mol. The first-order valence-corrected chi connectivity index (χ1v) is 8.49. The summed E-state index contributed by atoms with van der Waals surface area (Å²) >= 11 is 0. The van der Waals surface area contributed by atoms with Gasteiger partial charge in [0.05, 0.1) is 12.2 Å². The van der Waals surface area contributed by atoms with E-state index in [4.69, 9.17) is 5.10 Å². The predicted octanol–water partition coefficient (Wildman–Crippen LogP) is 4.55. The Morgan fingerprint density at radius 1 is 0.885 bits per heavy atom. The Balaban J connectivity index is 1.69. The summed E-state index contributed by atoms with van der Waals surface area (Å²) in [7, 11) is 0. The van der Waals surface area contributed by atoms with Crippen molar-refractivity contribution in [2.75, 3.05) is 0 Å². The maximum atomic E-state index is 4.79. The first-order valence-electron chi connectivity index (χ1n) is 8.49. The molecule has 4 rings (SSSR count). The molecule has 0 saturated heterocycles. The van der Waals surface area contributed by atoms with Crippen LogP contribution < -0.4 is 0 Å². The van der Waals surface area contributed by atoms with Gasteiger partial charge in [0.1, 0.15) is 5.69 Å². The quantitative estimate of drug-likeness (QED) is 0.501. The van der Waals surface area contributed by atoms with Gasteiger partial charge >= 0.3 is 0 Å². The molecule has 0 unspecified atom stereocenters. The number of benzene rings is 2. The van der Waals surface area contributed by atoms with Crippen molar-refractivity contribution in [1.29, 1.82) is 0 Å². The molecule has 0 saturated carbocycles. The van der Waals surface area contributed by atoms with Crippen LogP contribution in [0.5, 0.6) is 0 Å². The molecule has 0 aliphatic carbocycles. The Kier molecular flexibility index (Phi) is 4.65. The van der Waals surface area contributed by atoms with Crippen LogP contribution in [-0.2, 0) is 6.54 Å². The minimum Gasteiger partial charge on any atom is -0.288 e. The number of aliphatic imine (C=N–C) groups is 1. The highest BCUT2D eigenvalue weighted by Gasteiger charge is 2.10. The molecule has 4 aromatic rings. The van der Waals surface area contributed by atoms with Crippen molar-refractivity contribution >= 4 is 6.21 Å². The standard InChI is InChI=1S/C22H18N4/c1-3-9-19(10-4-1)22-20(16-24-15-18-8-7-13-23-14-18)17-26(25-22)21-11-5-2-6-12-21/h1-14,16-17H,15H2. The summed E-state index contributed by atoms with van der Waals surface area (Å²) in [6.07, 6.45) is 7.51. The Hall–Kier alpha value is -3.53. The molecule has 2 heterocycles. The molecular weight excluding hydrogens is 320 g/mol. The fourth-order valence-corrected chi connectivity index (χ4v) is 2.76. The topological polar surface area (TPSA) is 43.1 Å². The van der Waals surface area contributed by atoms with Crippen LogP contribution >= 0.6 is 0 Å². The van der Waals surface area contributed by atoms with Gasteiger partial charge in [0.15, 0.2) is 0 Å². The van der Waals surface area contributed by atoms with Gasteiger partial charge in [-0.15, -0.1) is 0 Å².